The standard InChI is InChI=1S/C22H33N5O3S/c1-17-6-4-5-10-27(17)21(29)16-25-11-13-26(14-12-25)22(30)24-18-7-2-3-8-19(18)31-15-9-20(23)28/h2-3,7-8,17H,4-6,9-16H2,1H3,(H2,23,28)(H,24,30). The number of thioether (sulfide) groups is 1. The molecule has 4 amide bonds. The van der Waals surface area contributed by atoms with E-state index in [1.165, 1.54) is 18.2 Å². The molecule has 31 heavy (non-hydrogen) atoms. The van der Waals surface area contributed by atoms with Crippen molar-refractivity contribution in [1.82, 2.24) is 14.7 Å². The number of likely N-dealkylation sites (tertiary alicyclic amines) is 1. The smallest absolute Gasteiger partial charge is 0.321 e. The lowest BCUT2D eigenvalue weighted by Crippen LogP contribution is -2.53. The number of carbonyl (C=O) groups excluding carboxylic acids is 3. The molecule has 8 nitrogen and oxygen atoms in total. The summed E-state index contributed by atoms with van der Waals surface area (Å²) in [5.41, 5.74) is 5.94. The number of hydrogen-bond acceptors (Lipinski definition) is 5. The lowest BCUT2D eigenvalue weighted by molar-refractivity contribution is -0.136. The van der Waals surface area contributed by atoms with Gasteiger partial charge in [-0.3, -0.25) is 14.5 Å². The van der Waals surface area contributed by atoms with Crippen LogP contribution < -0.4 is 11.1 Å². The predicted octanol–water partition coefficient (Wildman–Crippen LogP) is 2.20. The molecule has 0 spiro atoms. The van der Waals surface area contributed by atoms with E-state index in [2.05, 4.69) is 17.1 Å². The first-order valence-corrected chi connectivity index (χ1v) is 12.0. The van der Waals surface area contributed by atoms with Gasteiger partial charge in [0.05, 0.1) is 12.2 Å². The topological polar surface area (TPSA) is 99.0 Å². The molecule has 3 N–H and O–H groups in total. The van der Waals surface area contributed by atoms with Crippen molar-refractivity contribution in [2.75, 3.05) is 50.3 Å². The van der Waals surface area contributed by atoms with Crippen LogP contribution in [0.15, 0.2) is 29.2 Å². The zero-order valence-corrected chi connectivity index (χ0v) is 19.0. The number of urea groups is 1. The van der Waals surface area contributed by atoms with Crippen molar-refractivity contribution >= 4 is 35.3 Å². The van der Waals surface area contributed by atoms with Crippen LogP contribution in [0.25, 0.3) is 0 Å². The van der Waals surface area contributed by atoms with Crippen LogP contribution in [-0.2, 0) is 9.59 Å². The number of para-hydroxylation sites is 1. The molecule has 9 heteroatoms. The van der Waals surface area contributed by atoms with Gasteiger partial charge in [-0.1, -0.05) is 12.1 Å². The molecule has 1 aromatic carbocycles. The number of nitrogens with one attached hydrogen (secondary N) is 1. The number of benzene rings is 1. The third-order valence-electron chi connectivity index (χ3n) is 5.88. The first kappa shape index (κ1) is 23.4. The van der Waals surface area contributed by atoms with E-state index in [9.17, 15) is 14.4 Å². The lowest BCUT2D eigenvalue weighted by Gasteiger charge is -2.38. The summed E-state index contributed by atoms with van der Waals surface area (Å²) in [5.74, 6) is 0.442. The van der Waals surface area contributed by atoms with E-state index in [1.807, 2.05) is 29.2 Å². The van der Waals surface area contributed by atoms with Crippen LogP contribution in [-0.4, -0.2) is 83.6 Å². The fourth-order valence-corrected chi connectivity index (χ4v) is 4.98. The number of carbonyl (C=O) groups is 3. The van der Waals surface area contributed by atoms with Crippen LogP contribution in [0, 0.1) is 0 Å². The summed E-state index contributed by atoms with van der Waals surface area (Å²) in [6, 6.07) is 7.75. The van der Waals surface area contributed by atoms with Crippen LogP contribution in [0.3, 0.4) is 0 Å². The van der Waals surface area contributed by atoms with Gasteiger partial charge in [-0.05, 0) is 38.3 Å². The largest absolute Gasteiger partial charge is 0.370 e. The zero-order chi connectivity index (χ0) is 22.2. The minimum atomic E-state index is -0.333. The summed E-state index contributed by atoms with van der Waals surface area (Å²) < 4.78 is 0. The van der Waals surface area contributed by atoms with Gasteiger partial charge in [-0.15, -0.1) is 11.8 Å². The average molecular weight is 448 g/mol. The normalized spacial score (nSPS) is 19.8. The van der Waals surface area contributed by atoms with Crippen molar-refractivity contribution in [3.8, 4) is 0 Å². The Morgan fingerprint density at radius 3 is 2.55 bits per heavy atom. The molecule has 0 saturated carbocycles. The Morgan fingerprint density at radius 1 is 1.10 bits per heavy atom. The number of amides is 4. The number of hydrogen-bond donors (Lipinski definition) is 2. The summed E-state index contributed by atoms with van der Waals surface area (Å²) in [6.07, 6.45) is 3.67. The number of piperazine rings is 1. The van der Waals surface area contributed by atoms with Crippen LogP contribution in [0.4, 0.5) is 10.5 Å². The second kappa shape index (κ2) is 11.4. The van der Waals surface area contributed by atoms with E-state index >= 15 is 0 Å². The van der Waals surface area contributed by atoms with E-state index in [0.717, 1.165) is 30.0 Å². The Bertz CT molecular complexity index is 782. The van der Waals surface area contributed by atoms with Gasteiger partial charge in [0.15, 0.2) is 0 Å². The second-order valence-electron chi connectivity index (χ2n) is 8.19. The first-order chi connectivity index (χ1) is 14.9. The number of piperidine rings is 1. The second-order valence-corrected chi connectivity index (χ2v) is 9.32. The van der Waals surface area contributed by atoms with Crippen LogP contribution in [0.1, 0.15) is 32.6 Å². The zero-order valence-electron chi connectivity index (χ0n) is 18.2. The number of primary amides is 1. The Labute approximate surface area is 188 Å². The minimum Gasteiger partial charge on any atom is -0.370 e. The summed E-state index contributed by atoms with van der Waals surface area (Å²) in [5, 5.41) is 2.99. The van der Waals surface area contributed by atoms with Crippen molar-refractivity contribution in [2.24, 2.45) is 5.73 Å². The van der Waals surface area contributed by atoms with Gasteiger partial charge in [0.1, 0.15) is 0 Å². The van der Waals surface area contributed by atoms with E-state index in [-0.39, 0.29) is 17.8 Å². The molecule has 0 radical (unpaired) electrons. The van der Waals surface area contributed by atoms with E-state index in [1.54, 1.807) is 4.90 Å². The molecule has 1 atom stereocenters. The minimum absolute atomic E-state index is 0.140. The Kier molecular flexibility index (Phi) is 8.60. The molecule has 1 aromatic rings. The van der Waals surface area contributed by atoms with Gasteiger partial charge in [0.2, 0.25) is 11.8 Å². The van der Waals surface area contributed by atoms with Crippen molar-refractivity contribution < 1.29 is 14.4 Å². The number of rotatable bonds is 7. The average Bonchev–Trinajstić information content (AvgIpc) is 2.75. The maximum absolute atomic E-state index is 12.8. The van der Waals surface area contributed by atoms with Gasteiger partial charge in [-0.25, -0.2) is 4.79 Å². The molecule has 0 aromatic heterocycles. The SMILES string of the molecule is CC1CCCCN1C(=O)CN1CCN(C(=O)Nc2ccccc2SCCC(N)=O)CC1. The van der Waals surface area contributed by atoms with Gasteiger partial charge >= 0.3 is 6.03 Å². The van der Waals surface area contributed by atoms with Crippen molar-refractivity contribution in [3.05, 3.63) is 24.3 Å². The summed E-state index contributed by atoms with van der Waals surface area (Å²) >= 11 is 1.50. The van der Waals surface area contributed by atoms with E-state index in [0.29, 0.717) is 50.9 Å². The molecule has 0 bridgehead atoms. The fraction of sp³-hybridized carbons (Fsp3) is 0.591. The van der Waals surface area contributed by atoms with Gasteiger partial charge in [-0.2, -0.15) is 0 Å². The molecular formula is C22H33N5O3S. The van der Waals surface area contributed by atoms with Crippen molar-refractivity contribution in [1.29, 1.82) is 0 Å². The number of nitrogens with zero attached hydrogens (tertiary/aromatic N) is 3. The Balaban J connectivity index is 1.46. The molecule has 2 saturated heterocycles. The summed E-state index contributed by atoms with van der Waals surface area (Å²) in [6.45, 7) is 5.98. The predicted molar refractivity (Wildman–Crippen MR) is 123 cm³/mol. The molecule has 170 valence electrons. The number of nitrogens with two attached hydrogens (primary N) is 1. The highest BCUT2D eigenvalue weighted by Crippen LogP contribution is 2.27. The Hall–Kier alpha value is -2.26. The highest BCUT2D eigenvalue weighted by atomic mass is 32.2. The molecular weight excluding hydrogens is 414 g/mol. The van der Waals surface area contributed by atoms with Crippen molar-refractivity contribution in [2.45, 2.75) is 43.5 Å². The highest BCUT2D eigenvalue weighted by molar-refractivity contribution is 7.99. The quantitative estimate of drug-likeness (QED) is 0.625. The van der Waals surface area contributed by atoms with Gasteiger partial charge in [0, 0.05) is 55.8 Å². The van der Waals surface area contributed by atoms with E-state index < -0.39 is 0 Å². The summed E-state index contributed by atoms with van der Waals surface area (Å²) in [4.78, 5) is 43.2. The molecule has 2 aliphatic heterocycles. The fourth-order valence-electron chi connectivity index (χ4n) is 4.01. The van der Waals surface area contributed by atoms with Gasteiger partial charge in [0.25, 0.3) is 0 Å². The molecule has 0 aliphatic carbocycles. The van der Waals surface area contributed by atoms with Crippen LogP contribution in [0.5, 0.6) is 0 Å². The first-order valence-electron chi connectivity index (χ1n) is 11.0. The van der Waals surface area contributed by atoms with Crippen LogP contribution >= 0.6 is 11.8 Å². The maximum atomic E-state index is 12.8. The Morgan fingerprint density at radius 2 is 1.84 bits per heavy atom. The lowest BCUT2D eigenvalue weighted by atomic mass is 10.0. The summed E-state index contributed by atoms with van der Waals surface area (Å²) in [7, 11) is 0. The molecule has 2 fully saturated rings. The molecule has 3 rings (SSSR count). The molecule has 1 unspecified atom stereocenters. The third-order valence-corrected chi connectivity index (χ3v) is 6.95. The highest BCUT2D eigenvalue weighted by Gasteiger charge is 2.27. The monoisotopic (exact) mass is 447 g/mol. The van der Waals surface area contributed by atoms with Crippen LogP contribution in [0.2, 0.25) is 0 Å². The third kappa shape index (κ3) is 6.87. The molecule has 2 heterocycles. The maximum Gasteiger partial charge on any atom is 0.321 e. The van der Waals surface area contributed by atoms with Gasteiger partial charge < -0.3 is 20.9 Å². The molecule has 2 aliphatic rings. The number of anilines is 1. The van der Waals surface area contributed by atoms with Crippen molar-refractivity contribution in [3.63, 3.8) is 0 Å². The van der Waals surface area contributed by atoms with E-state index in [4.69, 9.17) is 5.73 Å².